The van der Waals surface area contributed by atoms with Crippen molar-refractivity contribution in [2.75, 3.05) is 14.2 Å². The highest BCUT2D eigenvalue weighted by Gasteiger charge is 2.51. The molecule has 4 heteroatoms. The first kappa shape index (κ1) is 15.3. The van der Waals surface area contributed by atoms with Gasteiger partial charge in [0.05, 0.1) is 14.2 Å². The van der Waals surface area contributed by atoms with Crippen molar-refractivity contribution in [1.29, 1.82) is 0 Å². The van der Waals surface area contributed by atoms with Crippen LogP contribution in [0.2, 0.25) is 0 Å². The zero-order valence-corrected chi connectivity index (χ0v) is 13.6. The lowest BCUT2D eigenvalue weighted by Gasteiger charge is -2.50. The SMILES string of the molecule is CCC1(C)C(Cl)CC1Oc1c(OC)cc(C)cc1OC. The van der Waals surface area contributed by atoms with Crippen LogP contribution < -0.4 is 14.2 Å². The fraction of sp³-hybridized carbons (Fsp3) is 0.625. The first-order chi connectivity index (χ1) is 9.46. The second-order valence-electron chi connectivity index (χ2n) is 5.67. The minimum atomic E-state index is 0.00244. The number of rotatable bonds is 5. The molecule has 0 bridgehead atoms. The van der Waals surface area contributed by atoms with Crippen molar-refractivity contribution >= 4 is 11.6 Å². The maximum Gasteiger partial charge on any atom is 0.203 e. The molecule has 0 spiro atoms. The van der Waals surface area contributed by atoms with E-state index < -0.39 is 0 Å². The highest BCUT2D eigenvalue weighted by molar-refractivity contribution is 6.21. The summed E-state index contributed by atoms with van der Waals surface area (Å²) in [6.07, 6.45) is 1.94. The summed E-state index contributed by atoms with van der Waals surface area (Å²) in [5.74, 6) is 2.09. The first-order valence-corrected chi connectivity index (χ1v) is 7.43. The van der Waals surface area contributed by atoms with Gasteiger partial charge in [-0.25, -0.2) is 0 Å². The molecular formula is C16H23ClO3. The maximum absolute atomic E-state index is 6.35. The van der Waals surface area contributed by atoms with Crippen LogP contribution in [0, 0.1) is 12.3 Å². The van der Waals surface area contributed by atoms with E-state index in [0.717, 1.165) is 18.4 Å². The van der Waals surface area contributed by atoms with Gasteiger partial charge in [0.2, 0.25) is 5.75 Å². The van der Waals surface area contributed by atoms with Crippen LogP contribution in [0.5, 0.6) is 17.2 Å². The minimum absolute atomic E-state index is 0.00244. The van der Waals surface area contributed by atoms with E-state index in [9.17, 15) is 0 Å². The molecular weight excluding hydrogens is 276 g/mol. The number of hydrogen-bond acceptors (Lipinski definition) is 3. The van der Waals surface area contributed by atoms with Crippen molar-refractivity contribution in [1.82, 2.24) is 0 Å². The third kappa shape index (κ3) is 2.44. The highest BCUT2D eigenvalue weighted by Crippen LogP contribution is 2.51. The van der Waals surface area contributed by atoms with Gasteiger partial charge in [0.1, 0.15) is 6.10 Å². The van der Waals surface area contributed by atoms with Crippen LogP contribution in [-0.4, -0.2) is 25.7 Å². The van der Waals surface area contributed by atoms with E-state index in [1.807, 2.05) is 19.1 Å². The molecule has 112 valence electrons. The van der Waals surface area contributed by atoms with Gasteiger partial charge in [-0.2, -0.15) is 0 Å². The lowest BCUT2D eigenvalue weighted by molar-refractivity contribution is -0.0319. The van der Waals surface area contributed by atoms with Crippen molar-refractivity contribution in [3.8, 4) is 17.2 Å². The number of ether oxygens (including phenoxy) is 3. The molecule has 3 atom stereocenters. The summed E-state index contributed by atoms with van der Waals surface area (Å²) in [5, 5.41) is 0.167. The average molecular weight is 299 g/mol. The van der Waals surface area contributed by atoms with Crippen molar-refractivity contribution in [3.05, 3.63) is 17.7 Å². The summed E-state index contributed by atoms with van der Waals surface area (Å²) in [4.78, 5) is 0. The number of benzene rings is 1. The Morgan fingerprint density at radius 2 is 1.80 bits per heavy atom. The van der Waals surface area contributed by atoms with Crippen LogP contribution in [0.1, 0.15) is 32.3 Å². The quantitative estimate of drug-likeness (QED) is 0.763. The van der Waals surface area contributed by atoms with Gasteiger partial charge in [-0.1, -0.05) is 13.8 Å². The van der Waals surface area contributed by atoms with Gasteiger partial charge in [0.25, 0.3) is 0 Å². The molecule has 1 saturated carbocycles. The van der Waals surface area contributed by atoms with Crippen LogP contribution in [-0.2, 0) is 0 Å². The van der Waals surface area contributed by atoms with E-state index in [-0.39, 0.29) is 16.9 Å². The molecule has 20 heavy (non-hydrogen) atoms. The molecule has 1 aromatic carbocycles. The zero-order valence-electron chi connectivity index (χ0n) is 12.8. The molecule has 0 aromatic heterocycles. The summed E-state index contributed by atoms with van der Waals surface area (Å²) in [5.41, 5.74) is 1.08. The normalized spacial score (nSPS) is 28.7. The van der Waals surface area contributed by atoms with E-state index in [4.69, 9.17) is 25.8 Å². The fourth-order valence-electron chi connectivity index (χ4n) is 2.67. The smallest absolute Gasteiger partial charge is 0.203 e. The largest absolute Gasteiger partial charge is 0.493 e. The molecule has 0 N–H and O–H groups in total. The van der Waals surface area contributed by atoms with Crippen molar-refractivity contribution in [3.63, 3.8) is 0 Å². The second-order valence-corrected chi connectivity index (χ2v) is 6.19. The van der Waals surface area contributed by atoms with Crippen LogP contribution in [0.15, 0.2) is 12.1 Å². The number of methoxy groups -OCH3 is 2. The van der Waals surface area contributed by atoms with Crippen LogP contribution >= 0.6 is 11.6 Å². The molecule has 1 aliphatic carbocycles. The van der Waals surface area contributed by atoms with Crippen LogP contribution in [0.25, 0.3) is 0 Å². The van der Waals surface area contributed by atoms with Crippen molar-refractivity contribution < 1.29 is 14.2 Å². The molecule has 0 amide bonds. The summed E-state index contributed by atoms with van der Waals surface area (Å²) in [6.45, 7) is 6.32. The molecule has 0 aliphatic heterocycles. The Bertz CT molecular complexity index is 464. The average Bonchev–Trinajstić information content (AvgIpc) is 2.46. The lowest BCUT2D eigenvalue weighted by Crippen LogP contribution is -2.55. The molecule has 1 fully saturated rings. The van der Waals surface area contributed by atoms with Gasteiger partial charge in [0, 0.05) is 17.2 Å². The summed E-state index contributed by atoms with van der Waals surface area (Å²) in [7, 11) is 3.29. The summed E-state index contributed by atoms with van der Waals surface area (Å²) < 4.78 is 17.0. The van der Waals surface area contributed by atoms with E-state index >= 15 is 0 Å². The zero-order chi connectivity index (χ0) is 14.9. The Balaban J connectivity index is 2.30. The van der Waals surface area contributed by atoms with E-state index in [1.165, 1.54) is 0 Å². The molecule has 3 nitrogen and oxygen atoms in total. The molecule has 3 unspecified atom stereocenters. The second kappa shape index (κ2) is 5.72. The molecule has 0 saturated heterocycles. The first-order valence-electron chi connectivity index (χ1n) is 6.99. The number of halogens is 1. The van der Waals surface area contributed by atoms with E-state index in [2.05, 4.69) is 13.8 Å². The highest BCUT2D eigenvalue weighted by atomic mass is 35.5. The van der Waals surface area contributed by atoms with Crippen LogP contribution in [0.4, 0.5) is 0 Å². The number of aryl methyl sites for hydroxylation is 1. The number of hydrogen-bond donors (Lipinski definition) is 0. The van der Waals surface area contributed by atoms with Gasteiger partial charge in [0.15, 0.2) is 11.5 Å². The summed E-state index contributed by atoms with van der Waals surface area (Å²) in [6, 6.07) is 3.91. The Morgan fingerprint density at radius 1 is 1.25 bits per heavy atom. The van der Waals surface area contributed by atoms with Gasteiger partial charge in [-0.05, 0) is 31.0 Å². The third-order valence-corrected chi connectivity index (χ3v) is 5.18. The molecule has 0 radical (unpaired) electrons. The Labute approximate surface area is 126 Å². The van der Waals surface area contributed by atoms with Gasteiger partial charge < -0.3 is 14.2 Å². The Hall–Kier alpha value is -1.09. The molecule has 0 heterocycles. The lowest BCUT2D eigenvalue weighted by atomic mass is 9.65. The van der Waals surface area contributed by atoms with Gasteiger partial charge >= 0.3 is 0 Å². The molecule has 1 aliphatic rings. The predicted octanol–water partition coefficient (Wildman–Crippen LogP) is 4.19. The summed E-state index contributed by atoms with van der Waals surface area (Å²) >= 11 is 6.35. The minimum Gasteiger partial charge on any atom is -0.493 e. The topological polar surface area (TPSA) is 27.7 Å². The van der Waals surface area contributed by atoms with Gasteiger partial charge in [-0.3, -0.25) is 0 Å². The standard InChI is InChI=1S/C16H23ClO3/c1-6-16(3)13(17)9-14(16)20-15-11(18-4)7-10(2)8-12(15)19-5/h7-8,13-14H,6,9H2,1-5H3. The molecule has 2 rings (SSSR count). The van der Waals surface area contributed by atoms with E-state index in [1.54, 1.807) is 14.2 Å². The monoisotopic (exact) mass is 298 g/mol. The Morgan fingerprint density at radius 3 is 2.20 bits per heavy atom. The van der Waals surface area contributed by atoms with Crippen molar-refractivity contribution in [2.45, 2.75) is 45.1 Å². The van der Waals surface area contributed by atoms with Crippen LogP contribution in [0.3, 0.4) is 0 Å². The van der Waals surface area contributed by atoms with E-state index in [0.29, 0.717) is 17.2 Å². The van der Waals surface area contributed by atoms with Crippen molar-refractivity contribution in [2.24, 2.45) is 5.41 Å². The number of alkyl halides is 1. The Kier molecular flexibility index (Phi) is 4.38. The maximum atomic E-state index is 6.35. The molecule has 1 aromatic rings. The third-order valence-electron chi connectivity index (χ3n) is 4.50. The predicted molar refractivity (Wildman–Crippen MR) is 81.4 cm³/mol. The fourth-order valence-corrected chi connectivity index (χ4v) is 3.13. The van der Waals surface area contributed by atoms with Gasteiger partial charge in [-0.15, -0.1) is 11.6 Å².